The number of nitrogens with one attached hydrogen (secondary N) is 2. The molecule has 0 atom stereocenters. The minimum atomic E-state index is 0. The van der Waals surface area contributed by atoms with E-state index in [9.17, 15) is 0 Å². The molecule has 2 heterocycles. The van der Waals surface area contributed by atoms with Crippen LogP contribution >= 0.6 is 35.3 Å². The molecule has 9 heteroatoms. The van der Waals surface area contributed by atoms with E-state index in [0.29, 0.717) is 13.1 Å². The molecule has 2 rings (SSSR count). The first-order chi connectivity index (χ1) is 10.2. The van der Waals surface area contributed by atoms with Crippen LogP contribution in [0.5, 0.6) is 0 Å². The second-order valence-corrected chi connectivity index (χ2v) is 5.62. The monoisotopic (exact) mass is 435 g/mol. The number of aryl methyl sites for hydroxylation is 2. The van der Waals surface area contributed by atoms with E-state index < -0.39 is 0 Å². The van der Waals surface area contributed by atoms with Gasteiger partial charge in [0.15, 0.2) is 5.96 Å². The van der Waals surface area contributed by atoms with Crippen molar-refractivity contribution in [3.63, 3.8) is 0 Å². The molecule has 2 N–H and O–H groups in total. The summed E-state index contributed by atoms with van der Waals surface area (Å²) in [4.78, 5) is 14.4. The average molecular weight is 435 g/mol. The number of thiazole rings is 1. The van der Waals surface area contributed by atoms with Crippen molar-refractivity contribution < 1.29 is 0 Å². The maximum absolute atomic E-state index is 4.51. The van der Waals surface area contributed by atoms with Crippen molar-refractivity contribution in [1.29, 1.82) is 0 Å². The highest BCUT2D eigenvalue weighted by atomic mass is 127. The number of aliphatic imine (C=N–C) groups is 1. The van der Waals surface area contributed by atoms with Gasteiger partial charge in [0.2, 0.25) is 0 Å². The van der Waals surface area contributed by atoms with Crippen molar-refractivity contribution in [1.82, 2.24) is 30.4 Å². The summed E-state index contributed by atoms with van der Waals surface area (Å²) < 4.78 is 1.72. The maximum atomic E-state index is 4.51. The Hall–Kier alpha value is -1.23. The number of halogens is 1. The molecule has 0 aliphatic heterocycles. The van der Waals surface area contributed by atoms with Crippen molar-refractivity contribution in [2.75, 3.05) is 6.54 Å². The van der Waals surface area contributed by atoms with E-state index in [1.54, 1.807) is 16.0 Å². The first kappa shape index (κ1) is 18.8. The highest BCUT2D eigenvalue weighted by molar-refractivity contribution is 14.0. The molecule has 0 fully saturated rings. The Labute approximate surface area is 151 Å². The first-order valence-corrected chi connectivity index (χ1v) is 7.83. The van der Waals surface area contributed by atoms with Gasteiger partial charge in [-0.05, 0) is 13.3 Å². The van der Waals surface area contributed by atoms with Crippen LogP contribution in [0, 0.1) is 0 Å². The zero-order chi connectivity index (χ0) is 15.1. The van der Waals surface area contributed by atoms with Gasteiger partial charge in [-0.2, -0.15) is 5.10 Å². The van der Waals surface area contributed by atoms with Gasteiger partial charge in [-0.25, -0.2) is 15.0 Å². The zero-order valence-corrected chi connectivity index (χ0v) is 16.2. The number of nitrogens with zero attached hydrogens (tertiary/aromatic N) is 5. The summed E-state index contributed by atoms with van der Waals surface area (Å²) in [6.45, 7) is 6.15. The van der Waals surface area contributed by atoms with E-state index >= 15 is 0 Å². The van der Waals surface area contributed by atoms with Crippen LogP contribution in [0.3, 0.4) is 0 Å². The standard InChI is InChI=1S/C13H21N7S.HI/c1-4-10-6-15-12(21-10)8-17-13(14-5-2)16-7-11-18-9-19-20(11)3;/h6,9H,4-5,7-8H2,1-3H3,(H2,14,16,17);1H. The Bertz CT molecular complexity index is 593. The lowest BCUT2D eigenvalue weighted by atomic mass is 10.4. The molecule has 7 nitrogen and oxygen atoms in total. The van der Waals surface area contributed by atoms with Crippen LogP contribution in [0.4, 0.5) is 0 Å². The van der Waals surface area contributed by atoms with Gasteiger partial charge in [0, 0.05) is 24.7 Å². The summed E-state index contributed by atoms with van der Waals surface area (Å²) in [7, 11) is 1.86. The van der Waals surface area contributed by atoms with Gasteiger partial charge < -0.3 is 10.6 Å². The molecule has 2 aromatic heterocycles. The van der Waals surface area contributed by atoms with E-state index in [-0.39, 0.29) is 24.0 Å². The lowest BCUT2D eigenvalue weighted by Crippen LogP contribution is -2.36. The minimum Gasteiger partial charge on any atom is -0.357 e. The number of aromatic nitrogens is 4. The van der Waals surface area contributed by atoms with Gasteiger partial charge in [0.05, 0.1) is 6.54 Å². The third kappa shape index (κ3) is 5.52. The molecule has 0 amide bonds. The van der Waals surface area contributed by atoms with Crippen LogP contribution in [-0.4, -0.2) is 32.3 Å². The largest absolute Gasteiger partial charge is 0.357 e. The number of guanidine groups is 1. The van der Waals surface area contributed by atoms with E-state index in [1.807, 2.05) is 20.2 Å². The lowest BCUT2D eigenvalue weighted by Gasteiger charge is -2.09. The summed E-state index contributed by atoms with van der Waals surface area (Å²) in [5.74, 6) is 1.59. The van der Waals surface area contributed by atoms with Gasteiger partial charge in [0.25, 0.3) is 0 Å². The van der Waals surface area contributed by atoms with E-state index in [4.69, 9.17) is 0 Å². The number of rotatable bonds is 6. The molecule has 0 spiro atoms. The highest BCUT2D eigenvalue weighted by Crippen LogP contribution is 2.12. The zero-order valence-electron chi connectivity index (χ0n) is 13.0. The van der Waals surface area contributed by atoms with Gasteiger partial charge in [-0.1, -0.05) is 6.92 Å². The fourth-order valence-electron chi connectivity index (χ4n) is 1.71. The predicted octanol–water partition coefficient (Wildman–Crippen LogP) is 1.71. The van der Waals surface area contributed by atoms with Crippen LogP contribution in [0.25, 0.3) is 0 Å². The molecule has 0 unspecified atom stereocenters. The topological polar surface area (TPSA) is 80.0 Å². The van der Waals surface area contributed by atoms with Gasteiger partial charge in [0.1, 0.15) is 23.7 Å². The van der Waals surface area contributed by atoms with Crippen molar-refractivity contribution >= 4 is 41.3 Å². The summed E-state index contributed by atoms with van der Waals surface area (Å²) >= 11 is 1.73. The van der Waals surface area contributed by atoms with Crippen LogP contribution in [0.15, 0.2) is 17.5 Å². The third-order valence-corrected chi connectivity index (χ3v) is 4.03. The summed E-state index contributed by atoms with van der Waals surface area (Å²) in [6, 6.07) is 0. The van der Waals surface area contributed by atoms with Gasteiger partial charge in [-0.3, -0.25) is 4.68 Å². The Morgan fingerprint density at radius 3 is 2.73 bits per heavy atom. The summed E-state index contributed by atoms with van der Waals surface area (Å²) in [6.07, 6.45) is 4.50. The molecule has 122 valence electrons. The molecule has 0 radical (unpaired) electrons. The quantitative estimate of drug-likeness (QED) is 0.410. The Balaban J connectivity index is 0.00000242. The fraction of sp³-hybridized carbons (Fsp3) is 0.538. The highest BCUT2D eigenvalue weighted by Gasteiger charge is 2.04. The average Bonchev–Trinajstić information content (AvgIpc) is 3.11. The summed E-state index contributed by atoms with van der Waals surface area (Å²) in [5, 5.41) is 11.6. The second kappa shape index (κ2) is 9.72. The normalized spacial score (nSPS) is 11.1. The van der Waals surface area contributed by atoms with Crippen molar-refractivity contribution in [2.24, 2.45) is 12.0 Å². The minimum absolute atomic E-state index is 0. The molecule has 0 aliphatic carbocycles. The smallest absolute Gasteiger partial charge is 0.192 e. The molecular weight excluding hydrogens is 413 g/mol. The third-order valence-electron chi connectivity index (χ3n) is 2.88. The molecular formula is C13H22IN7S. The van der Waals surface area contributed by atoms with Crippen LogP contribution in [0.1, 0.15) is 29.6 Å². The molecule has 0 saturated carbocycles. The van der Waals surface area contributed by atoms with Crippen LogP contribution < -0.4 is 10.6 Å². The molecule has 0 aromatic carbocycles. The lowest BCUT2D eigenvalue weighted by molar-refractivity contribution is 0.697. The van der Waals surface area contributed by atoms with Crippen molar-refractivity contribution in [3.8, 4) is 0 Å². The molecule has 0 aliphatic rings. The van der Waals surface area contributed by atoms with E-state index in [1.165, 1.54) is 11.2 Å². The number of hydrogen-bond donors (Lipinski definition) is 2. The fourth-order valence-corrected chi connectivity index (χ4v) is 2.51. The Morgan fingerprint density at radius 2 is 2.14 bits per heavy atom. The second-order valence-electron chi connectivity index (χ2n) is 4.42. The van der Waals surface area contributed by atoms with Crippen LogP contribution in [0.2, 0.25) is 0 Å². The first-order valence-electron chi connectivity index (χ1n) is 7.01. The molecule has 0 saturated heterocycles. The van der Waals surface area contributed by atoms with E-state index in [0.717, 1.165) is 29.8 Å². The van der Waals surface area contributed by atoms with Crippen LogP contribution in [-0.2, 0) is 26.6 Å². The van der Waals surface area contributed by atoms with E-state index in [2.05, 4.69) is 37.6 Å². The molecule has 2 aromatic rings. The maximum Gasteiger partial charge on any atom is 0.192 e. The van der Waals surface area contributed by atoms with Crippen molar-refractivity contribution in [3.05, 3.63) is 28.2 Å². The van der Waals surface area contributed by atoms with Crippen molar-refractivity contribution in [2.45, 2.75) is 33.4 Å². The Morgan fingerprint density at radius 1 is 1.32 bits per heavy atom. The summed E-state index contributed by atoms with van der Waals surface area (Å²) in [5.41, 5.74) is 0. The predicted molar refractivity (Wildman–Crippen MR) is 99.6 cm³/mol. The van der Waals surface area contributed by atoms with Gasteiger partial charge >= 0.3 is 0 Å². The SMILES string of the molecule is CCNC(=NCc1ncnn1C)NCc1ncc(CC)s1.I. The molecule has 0 bridgehead atoms. The number of hydrogen-bond acceptors (Lipinski definition) is 5. The Kier molecular flexibility index (Phi) is 8.31. The molecule has 22 heavy (non-hydrogen) atoms. The van der Waals surface area contributed by atoms with Gasteiger partial charge in [-0.15, -0.1) is 35.3 Å².